The maximum Gasteiger partial charge on any atom is 0.275 e. The van der Waals surface area contributed by atoms with Crippen LogP contribution in [0.2, 0.25) is 5.02 Å². The molecule has 0 aliphatic carbocycles. The summed E-state index contributed by atoms with van der Waals surface area (Å²) in [5.41, 5.74) is 3.41. The van der Waals surface area contributed by atoms with Crippen molar-refractivity contribution >= 4 is 34.8 Å². The second-order valence-corrected chi connectivity index (χ2v) is 5.48. The molecule has 0 fully saturated rings. The van der Waals surface area contributed by atoms with E-state index in [-0.39, 0.29) is 23.6 Å². The van der Waals surface area contributed by atoms with Gasteiger partial charge in [0.05, 0.1) is 12.0 Å². The summed E-state index contributed by atoms with van der Waals surface area (Å²) in [7, 11) is 0. The van der Waals surface area contributed by atoms with Gasteiger partial charge in [0, 0.05) is 16.4 Å². The quantitative estimate of drug-likeness (QED) is 0.574. The van der Waals surface area contributed by atoms with Crippen molar-refractivity contribution in [3.05, 3.63) is 59.1 Å². The summed E-state index contributed by atoms with van der Waals surface area (Å²) in [6.45, 7) is 1.61. The molecule has 3 N–H and O–H groups in total. The Morgan fingerprint density at radius 1 is 1.17 bits per heavy atom. The first-order valence-electron chi connectivity index (χ1n) is 7.12. The van der Waals surface area contributed by atoms with E-state index in [0.29, 0.717) is 16.4 Å². The van der Waals surface area contributed by atoms with Gasteiger partial charge < -0.3 is 10.4 Å². The number of nitrogens with one attached hydrogen (secondary N) is 2. The van der Waals surface area contributed by atoms with Gasteiger partial charge in [-0.3, -0.25) is 9.59 Å². The Morgan fingerprint density at radius 3 is 2.62 bits per heavy atom. The summed E-state index contributed by atoms with van der Waals surface area (Å²) in [6.07, 6.45) is 0.00751. The zero-order valence-electron chi connectivity index (χ0n) is 12.9. The van der Waals surface area contributed by atoms with Crippen molar-refractivity contribution in [2.75, 3.05) is 5.32 Å². The minimum Gasteiger partial charge on any atom is -0.507 e. The molecular formula is C17H16ClN3O3. The predicted molar refractivity (Wildman–Crippen MR) is 93.4 cm³/mol. The van der Waals surface area contributed by atoms with Crippen LogP contribution in [-0.4, -0.2) is 22.6 Å². The predicted octanol–water partition coefficient (Wildman–Crippen LogP) is 3.18. The Bertz CT molecular complexity index is 790. The van der Waals surface area contributed by atoms with E-state index in [9.17, 15) is 14.7 Å². The van der Waals surface area contributed by atoms with Gasteiger partial charge in [-0.15, -0.1) is 0 Å². The number of carbonyl (C=O) groups is 2. The third-order valence-electron chi connectivity index (χ3n) is 3.02. The smallest absolute Gasteiger partial charge is 0.275 e. The number of phenols is 1. The minimum atomic E-state index is -0.553. The SMILES string of the molecule is C/C(CC(=O)Nc1cccc(Cl)c1)=N\NC(=O)c1ccccc1O. The molecule has 124 valence electrons. The van der Waals surface area contributed by atoms with Crippen molar-refractivity contribution < 1.29 is 14.7 Å². The molecular weight excluding hydrogens is 330 g/mol. The first-order chi connectivity index (χ1) is 11.5. The Balaban J connectivity index is 1.90. The van der Waals surface area contributed by atoms with Crippen LogP contribution >= 0.6 is 11.6 Å². The van der Waals surface area contributed by atoms with Crippen molar-refractivity contribution in [2.24, 2.45) is 5.10 Å². The van der Waals surface area contributed by atoms with Gasteiger partial charge in [0.25, 0.3) is 5.91 Å². The van der Waals surface area contributed by atoms with E-state index in [1.165, 1.54) is 12.1 Å². The van der Waals surface area contributed by atoms with Crippen molar-refractivity contribution in [1.82, 2.24) is 5.43 Å². The van der Waals surface area contributed by atoms with Gasteiger partial charge in [-0.2, -0.15) is 5.10 Å². The molecule has 24 heavy (non-hydrogen) atoms. The highest BCUT2D eigenvalue weighted by molar-refractivity contribution is 6.30. The molecule has 0 aromatic heterocycles. The highest BCUT2D eigenvalue weighted by Crippen LogP contribution is 2.16. The number of amides is 2. The van der Waals surface area contributed by atoms with Gasteiger partial charge in [-0.05, 0) is 37.3 Å². The molecule has 2 aromatic carbocycles. The Kier molecular flexibility index (Phi) is 5.92. The first-order valence-corrected chi connectivity index (χ1v) is 7.50. The second-order valence-electron chi connectivity index (χ2n) is 5.04. The lowest BCUT2D eigenvalue weighted by Gasteiger charge is -2.06. The summed E-state index contributed by atoms with van der Waals surface area (Å²) in [4.78, 5) is 23.8. The Hall–Kier alpha value is -2.86. The second kappa shape index (κ2) is 8.12. The summed E-state index contributed by atoms with van der Waals surface area (Å²) in [5, 5.41) is 16.7. The highest BCUT2D eigenvalue weighted by Gasteiger charge is 2.10. The van der Waals surface area contributed by atoms with Crippen LogP contribution in [0.1, 0.15) is 23.7 Å². The van der Waals surface area contributed by atoms with Crippen LogP contribution in [0, 0.1) is 0 Å². The van der Waals surface area contributed by atoms with Crippen molar-refractivity contribution in [3.63, 3.8) is 0 Å². The standard InChI is InChI=1S/C17H16ClN3O3/c1-11(9-16(23)19-13-6-4-5-12(18)10-13)20-21-17(24)14-7-2-3-8-15(14)22/h2-8,10,22H,9H2,1H3,(H,19,23)(H,21,24)/b20-11+. The van der Waals surface area contributed by atoms with E-state index in [0.717, 1.165) is 0 Å². The largest absolute Gasteiger partial charge is 0.507 e. The van der Waals surface area contributed by atoms with Crippen LogP contribution < -0.4 is 10.7 Å². The third-order valence-corrected chi connectivity index (χ3v) is 3.26. The van der Waals surface area contributed by atoms with Gasteiger partial charge in [0.1, 0.15) is 5.75 Å². The maximum absolute atomic E-state index is 11.9. The number of benzene rings is 2. The normalized spacial score (nSPS) is 11.0. The van der Waals surface area contributed by atoms with E-state index in [2.05, 4.69) is 15.8 Å². The molecule has 7 heteroatoms. The molecule has 2 amide bonds. The molecule has 0 bridgehead atoms. The molecule has 0 spiro atoms. The number of rotatable bonds is 5. The molecule has 0 heterocycles. The topological polar surface area (TPSA) is 90.8 Å². The van der Waals surface area contributed by atoms with Crippen molar-refractivity contribution in [2.45, 2.75) is 13.3 Å². The molecule has 0 aliphatic rings. The number of hydrazone groups is 1. The minimum absolute atomic E-state index is 0.00751. The number of halogens is 1. The highest BCUT2D eigenvalue weighted by atomic mass is 35.5. The van der Waals surface area contributed by atoms with Gasteiger partial charge in [0.2, 0.25) is 5.91 Å². The number of hydrogen-bond donors (Lipinski definition) is 3. The van der Waals surface area contributed by atoms with E-state index in [4.69, 9.17) is 11.6 Å². The van der Waals surface area contributed by atoms with E-state index < -0.39 is 5.91 Å². The van der Waals surface area contributed by atoms with E-state index >= 15 is 0 Å². The van der Waals surface area contributed by atoms with Crippen LogP contribution in [0.15, 0.2) is 53.6 Å². The Labute approximate surface area is 144 Å². The lowest BCUT2D eigenvalue weighted by Crippen LogP contribution is -2.21. The molecule has 0 saturated heterocycles. The lowest BCUT2D eigenvalue weighted by molar-refractivity contribution is -0.115. The van der Waals surface area contributed by atoms with E-state index in [1.807, 2.05) is 0 Å². The number of phenolic OH excluding ortho intramolecular Hbond substituents is 1. The molecule has 2 aromatic rings. The number of para-hydroxylation sites is 1. The van der Waals surface area contributed by atoms with Crippen LogP contribution in [0.25, 0.3) is 0 Å². The zero-order chi connectivity index (χ0) is 17.5. The van der Waals surface area contributed by atoms with E-state index in [1.54, 1.807) is 43.3 Å². The van der Waals surface area contributed by atoms with Crippen LogP contribution in [0.4, 0.5) is 5.69 Å². The molecule has 0 unspecified atom stereocenters. The fourth-order valence-electron chi connectivity index (χ4n) is 1.92. The van der Waals surface area contributed by atoms with Crippen LogP contribution in [-0.2, 0) is 4.79 Å². The van der Waals surface area contributed by atoms with Crippen molar-refractivity contribution in [3.8, 4) is 5.75 Å². The summed E-state index contributed by atoms with van der Waals surface area (Å²) in [5.74, 6) is -0.973. The number of hydrogen-bond acceptors (Lipinski definition) is 4. The maximum atomic E-state index is 11.9. The summed E-state index contributed by atoms with van der Waals surface area (Å²) in [6, 6.07) is 12.9. The average molecular weight is 346 g/mol. The van der Waals surface area contributed by atoms with Crippen molar-refractivity contribution in [1.29, 1.82) is 0 Å². The molecule has 6 nitrogen and oxygen atoms in total. The monoisotopic (exact) mass is 345 g/mol. The first kappa shape index (κ1) is 17.5. The molecule has 0 atom stereocenters. The van der Waals surface area contributed by atoms with Gasteiger partial charge in [0.15, 0.2) is 0 Å². The zero-order valence-corrected chi connectivity index (χ0v) is 13.7. The average Bonchev–Trinajstić information content (AvgIpc) is 2.53. The number of nitrogens with zero attached hydrogens (tertiary/aromatic N) is 1. The summed E-state index contributed by atoms with van der Waals surface area (Å²) < 4.78 is 0. The fourth-order valence-corrected chi connectivity index (χ4v) is 2.11. The molecule has 0 aliphatic heterocycles. The molecule has 0 radical (unpaired) electrons. The van der Waals surface area contributed by atoms with Crippen LogP contribution in [0.5, 0.6) is 5.75 Å². The number of carbonyl (C=O) groups excluding carboxylic acids is 2. The third kappa shape index (κ3) is 5.10. The van der Waals surface area contributed by atoms with Gasteiger partial charge >= 0.3 is 0 Å². The van der Waals surface area contributed by atoms with Crippen LogP contribution in [0.3, 0.4) is 0 Å². The number of aromatic hydroxyl groups is 1. The summed E-state index contributed by atoms with van der Waals surface area (Å²) >= 11 is 5.85. The fraction of sp³-hybridized carbons (Fsp3) is 0.118. The molecule has 2 rings (SSSR count). The van der Waals surface area contributed by atoms with Gasteiger partial charge in [-0.1, -0.05) is 29.8 Å². The Morgan fingerprint density at radius 2 is 1.92 bits per heavy atom. The molecule has 0 saturated carbocycles. The lowest BCUT2D eigenvalue weighted by atomic mass is 10.2. The van der Waals surface area contributed by atoms with Gasteiger partial charge in [-0.25, -0.2) is 5.43 Å². The number of anilines is 1.